The summed E-state index contributed by atoms with van der Waals surface area (Å²) in [4.78, 5) is 4.03. The topological polar surface area (TPSA) is 12.0 Å². The third kappa shape index (κ3) is 4.78. The van der Waals surface area contributed by atoms with Gasteiger partial charge >= 0.3 is 21.7 Å². The Kier molecular flexibility index (Phi) is 9.04. The third-order valence-corrected chi connectivity index (χ3v) is 8.75. The third-order valence-electron chi connectivity index (χ3n) is 5.06. The predicted octanol–water partition coefficient (Wildman–Crippen LogP) is -1.03. The Morgan fingerprint density at radius 2 is 1.62 bits per heavy atom. The molecule has 1 nitrogen and oxygen atoms in total. The molecule has 1 N–H and O–H groups in total. The Labute approximate surface area is 176 Å². The maximum Gasteiger partial charge on any atom is 2.00 e. The van der Waals surface area contributed by atoms with Gasteiger partial charge < -0.3 is 29.8 Å². The molecule has 2 aliphatic carbocycles. The van der Waals surface area contributed by atoms with Crippen molar-refractivity contribution in [3.8, 4) is 0 Å². The van der Waals surface area contributed by atoms with Crippen molar-refractivity contribution in [2.75, 3.05) is 0 Å². The molecule has 3 rings (SSSR count). The molecule has 3 unspecified atom stereocenters. The molecule has 5 heteroatoms. The van der Waals surface area contributed by atoms with Crippen molar-refractivity contribution in [3.05, 3.63) is 47.5 Å². The molecule has 0 amide bonds. The molecule has 0 radical (unpaired) electrons. The summed E-state index contributed by atoms with van der Waals surface area (Å²) in [5.41, 5.74) is 4.17. The minimum atomic E-state index is -1.55. The van der Waals surface area contributed by atoms with Gasteiger partial charge in [-0.2, -0.15) is 0 Å². The van der Waals surface area contributed by atoms with Crippen LogP contribution < -0.4 is 29.8 Å². The number of rotatable bonds is 2. The summed E-state index contributed by atoms with van der Waals surface area (Å²) in [6.45, 7) is 12.0. The van der Waals surface area contributed by atoms with Crippen molar-refractivity contribution in [3.63, 3.8) is 0 Å². The molecule has 1 aromatic carbocycles. The van der Waals surface area contributed by atoms with Gasteiger partial charge in [-0.25, -0.2) is 0 Å². The minimum absolute atomic E-state index is 0. The van der Waals surface area contributed by atoms with Gasteiger partial charge in [0.2, 0.25) is 0 Å². The van der Waals surface area contributed by atoms with E-state index in [9.17, 15) is 0 Å². The van der Waals surface area contributed by atoms with Crippen LogP contribution in [0.1, 0.15) is 56.2 Å². The Morgan fingerprint density at radius 1 is 1.04 bits per heavy atom. The van der Waals surface area contributed by atoms with Crippen LogP contribution in [0.5, 0.6) is 0 Å². The minimum Gasteiger partial charge on any atom is -1.00 e. The summed E-state index contributed by atoms with van der Waals surface area (Å²) >= 11 is 0. The van der Waals surface area contributed by atoms with E-state index in [1.54, 1.807) is 11.1 Å². The van der Waals surface area contributed by atoms with Crippen LogP contribution in [-0.2, 0) is 21.7 Å². The van der Waals surface area contributed by atoms with Crippen LogP contribution >= 0.6 is 0 Å². The second kappa shape index (κ2) is 8.88. The number of fused-ring (bicyclic) bond motifs is 3. The molecule has 0 bridgehead atoms. The molecule has 3 atom stereocenters. The molecule has 132 valence electrons. The summed E-state index contributed by atoms with van der Waals surface area (Å²) in [6.07, 6.45) is 7.48. The van der Waals surface area contributed by atoms with Crippen LogP contribution in [0.15, 0.2) is 36.4 Å². The molecule has 1 aromatic rings. The molecular weight excluding hydrogens is 389 g/mol. The zero-order valence-electron chi connectivity index (χ0n) is 15.4. The van der Waals surface area contributed by atoms with E-state index < -0.39 is 8.24 Å². The number of hydrogen-bond donors (Lipinski definition) is 1. The Balaban J connectivity index is 0.00000176. The molecule has 24 heavy (non-hydrogen) atoms. The zero-order valence-corrected chi connectivity index (χ0v) is 19.4. The van der Waals surface area contributed by atoms with Crippen molar-refractivity contribution in [1.82, 2.24) is 4.98 Å². The van der Waals surface area contributed by atoms with Gasteiger partial charge in [0.25, 0.3) is 0 Å². The maximum atomic E-state index is 4.03. The molecule has 0 saturated heterocycles. The van der Waals surface area contributed by atoms with E-state index in [0.29, 0.717) is 5.92 Å². The number of benzene rings is 1. The van der Waals surface area contributed by atoms with Gasteiger partial charge in [-0.05, 0) is 56.2 Å². The van der Waals surface area contributed by atoms with E-state index >= 15 is 0 Å². The monoisotopic (exact) mass is 417 g/mol. The summed E-state index contributed by atoms with van der Waals surface area (Å²) in [6, 6.07) is 9.20. The van der Waals surface area contributed by atoms with Crippen LogP contribution in [0.2, 0.25) is 13.1 Å². The largest absolute Gasteiger partial charge is 2.00 e. The summed E-state index contributed by atoms with van der Waals surface area (Å²) in [5, 5.41) is 0. The first-order chi connectivity index (χ1) is 9.80. The van der Waals surface area contributed by atoms with Gasteiger partial charge in [0.1, 0.15) is 8.24 Å². The summed E-state index contributed by atoms with van der Waals surface area (Å²) in [5.74, 6) is 1.47. The van der Waals surface area contributed by atoms with Crippen molar-refractivity contribution in [1.29, 1.82) is 0 Å². The van der Waals surface area contributed by atoms with E-state index in [-0.39, 0.29) is 52.1 Å². The molecule has 0 aliphatic heterocycles. The van der Waals surface area contributed by atoms with E-state index in [1.165, 1.54) is 12.8 Å². The first-order valence-corrected chi connectivity index (χ1v) is 11.4. The zero-order chi connectivity index (χ0) is 15.3. The average molecular weight is 418 g/mol. The fourth-order valence-corrected chi connectivity index (χ4v) is 9.43. The molecule has 0 heterocycles. The van der Waals surface area contributed by atoms with Crippen molar-refractivity contribution >= 4 is 8.24 Å². The predicted molar refractivity (Wildman–Crippen MR) is 94.2 cm³/mol. The normalized spacial score (nSPS) is 24.8. The number of nitrogens with one attached hydrogen (secondary N) is 1. The van der Waals surface area contributed by atoms with Crippen LogP contribution in [0.4, 0.5) is 0 Å². The molecule has 0 aromatic heterocycles. The molecule has 2 aliphatic rings. The van der Waals surface area contributed by atoms with E-state index in [0.717, 1.165) is 11.5 Å². The quantitative estimate of drug-likeness (QED) is 0.479. The van der Waals surface area contributed by atoms with Gasteiger partial charge in [-0.3, -0.25) is 0 Å². The molecule has 0 saturated carbocycles. The van der Waals surface area contributed by atoms with Gasteiger partial charge in [-0.1, -0.05) is 49.5 Å². The van der Waals surface area contributed by atoms with Crippen LogP contribution in [0.25, 0.3) is 0 Å². The van der Waals surface area contributed by atoms with Crippen molar-refractivity contribution in [2.45, 2.75) is 63.7 Å². The first kappa shape index (κ1) is 24.4. The summed E-state index contributed by atoms with van der Waals surface area (Å²) < 4.78 is 0. The van der Waals surface area contributed by atoms with Gasteiger partial charge in [0, 0.05) is 11.5 Å². The van der Waals surface area contributed by atoms with Crippen molar-refractivity contribution in [2.24, 2.45) is 5.92 Å². The number of halogens is 2. The number of allylic oxidation sites excluding steroid dienone is 2. The Bertz CT molecular complexity index is 569. The smallest absolute Gasteiger partial charge is 1.00 e. The van der Waals surface area contributed by atoms with E-state index in [2.05, 4.69) is 75.3 Å². The van der Waals surface area contributed by atoms with Gasteiger partial charge in [0.05, 0.1) is 0 Å². The van der Waals surface area contributed by atoms with Gasteiger partial charge in [0.15, 0.2) is 0 Å². The maximum absolute atomic E-state index is 4.03. The van der Waals surface area contributed by atoms with Gasteiger partial charge in [-0.15, -0.1) is 0 Å². The van der Waals surface area contributed by atoms with Crippen LogP contribution in [-0.4, -0.2) is 13.8 Å². The average Bonchev–Trinajstić information content (AvgIpc) is 2.71. The fraction of sp³-hybridized carbons (Fsp3) is 0.579. The van der Waals surface area contributed by atoms with Crippen LogP contribution in [0, 0.1) is 5.92 Å². The van der Waals surface area contributed by atoms with Crippen molar-refractivity contribution < 1.29 is 46.5 Å². The Morgan fingerprint density at radius 3 is 2.21 bits per heavy atom. The second-order valence-corrected chi connectivity index (χ2v) is 12.7. The van der Waals surface area contributed by atoms with E-state index in [4.69, 9.17) is 0 Å². The fourth-order valence-electron chi connectivity index (χ4n) is 4.86. The van der Waals surface area contributed by atoms with Crippen LogP contribution in [0.3, 0.4) is 0 Å². The van der Waals surface area contributed by atoms with E-state index in [1.807, 2.05) is 0 Å². The first-order valence-electron chi connectivity index (χ1n) is 8.34. The number of hydrogen-bond acceptors (Lipinski definition) is 1. The summed E-state index contributed by atoms with van der Waals surface area (Å²) in [7, 11) is -1.55. The molecule has 0 spiro atoms. The standard InChI is InChI=1S/C19H29NSi.2ClH.Ti/c1-19(2,3)20-21(4,5)18-16-12-8-6-10-14(16)15-11-7-9-13-17(15)18;;;/h6-8,10-12,15,17-18,20H,9,13H2,1-5H3;2*1H;/q;;;+2/p-2. The second-order valence-electron chi connectivity index (χ2n) is 8.40. The SMILES string of the molecule is CC(C)(C)N[Si](C)(C)C1c2ccccc2C2C=CCCC21.[Cl-].[Cl-].[Ti+2]. The Hall–Kier alpha value is 0.431. The molecule has 0 fully saturated rings. The molecular formula is C19H29Cl2NSiTi.